The van der Waals surface area contributed by atoms with E-state index in [0.717, 1.165) is 39.0 Å². The average Bonchev–Trinajstić information content (AvgIpc) is 2.46. The molecule has 0 aliphatic carbocycles. The summed E-state index contributed by atoms with van der Waals surface area (Å²) in [5.74, 6) is -0.328. The van der Waals surface area contributed by atoms with E-state index >= 15 is 0 Å². The Morgan fingerprint density at radius 3 is 2.69 bits per heavy atom. The zero-order chi connectivity index (χ0) is 9.26. The molecule has 0 amide bonds. The lowest BCUT2D eigenvalue weighted by molar-refractivity contribution is -0.147. The Hall–Kier alpha value is -0.610. The number of nitrogens with zero attached hydrogens (tertiary/aromatic N) is 1. The van der Waals surface area contributed by atoms with Crippen molar-refractivity contribution in [3.05, 3.63) is 0 Å². The molecule has 0 aromatic carbocycles. The summed E-state index contributed by atoms with van der Waals surface area (Å²) >= 11 is 0. The number of nitrogens with one attached hydrogen (secondary N) is 1. The minimum atomic E-state index is -0.645. The van der Waals surface area contributed by atoms with Gasteiger partial charge in [0.15, 0.2) is 0 Å². The minimum Gasteiger partial charge on any atom is -0.480 e. The van der Waals surface area contributed by atoms with Gasteiger partial charge in [-0.1, -0.05) is 0 Å². The maximum atomic E-state index is 11.1. The molecule has 2 saturated heterocycles. The van der Waals surface area contributed by atoms with E-state index in [0.29, 0.717) is 5.92 Å². The van der Waals surface area contributed by atoms with Gasteiger partial charge in [-0.05, 0) is 25.3 Å². The van der Waals surface area contributed by atoms with Gasteiger partial charge in [-0.2, -0.15) is 0 Å². The van der Waals surface area contributed by atoms with Crippen LogP contribution in [0.4, 0.5) is 0 Å². The third-order valence-corrected chi connectivity index (χ3v) is 3.08. The molecule has 2 unspecified atom stereocenters. The average molecular weight is 184 g/mol. The zero-order valence-electron chi connectivity index (χ0n) is 7.70. The predicted molar refractivity (Wildman–Crippen MR) is 48.6 cm³/mol. The van der Waals surface area contributed by atoms with E-state index in [1.807, 2.05) is 0 Å². The van der Waals surface area contributed by atoms with Gasteiger partial charge < -0.3 is 10.4 Å². The lowest BCUT2D eigenvalue weighted by Gasteiger charge is -2.38. The van der Waals surface area contributed by atoms with Crippen LogP contribution in [0.1, 0.15) is 12.8 Å². The van der Waals surface area contributed by atoms with Gasteiger partial charge in [-0.25, -0.2) is 0 Å². The first-order chi connectivity index (χ1) is 6.29. The van der Waals surface area contributed by atoms with E-state index < -0.39 is 5.97 Å². The molecule has 0 aromatic heterocycles. The molecule has 0 radical (unpaired) electrons. The van der Waals surface area contributed by atoms with Gasteiger partial charge in [0.25, 0.3) is 0 Å². The van der Waals surface area contributed by atoms with Gasteiger partial charge in [0.1, 0.15) is 6.04 Å². The van der Waals surface area contributed by atoms with Crippen LogP contribution in [0.2, 0.25) is 0 Å². The monoisotopic (exact) mass is 184 g/mol. The van der Waals surface area contributed by atoms with Crippen molar-refractivity contribution in [2.75, 3.05) is 26.2 Å². The highest BCUT2D eigenvalue weighted by atomic mass is 16.4. The highest BCUT2D eigenvalue weighted by Gasteiger charge is 2.37. The van der Waals surface area contributed by atoms with Crippen LogP contribution in [-0.4, -0.2) is 48.2 Å². The minimum absolute atomic E-state index is 0.233. The molecule has 2 fully saturated rings. The molecule has 0 aromatic rings. The normalized spacial score (nSPS) is 31.2. The second-order valence-electron chi connectivity index (χ2n) is 3.93. The van der Waals surface area contributed by atoms with Crippen molar-refractivity contribution in [1.29, 1.82) is 0 Å². The molecule has 4 nitrogen and oxygen atoms in total. The quantitative estimate of drug-likeness (QED) is 0.635. The van der Waals surface area contributed by atoms with Crippen LogP contribution in [0.5, 0.6) is 0 Å². The van der Waals surface area contributed by atoms with Crippen LogP contribution < -0.4 is 5.32 Å². The van der Waals surface area contributed by atoms with Gasteiger partial charge in [0, 0.05) is 19.6 Å². The maximum absolute atomic E-state index is 11.1. The SMILES string of the molecule is O=C(O)C(C1CCNC1)N1CCC1. The Morgan fingerprint density at radius 2 is 2.31 bits per heavy atom. The Bertz CT molecular complexity index is 198. The van der Waals surface area contributed by atoms with Crippen LogP contribution >= 0.6 is 0 Å². The molecular weight excluding hydrogens is 168 g/mol. The molecule has 4 heteroatoms. The van der Waals surface area contributed by atoms with E-state index in [1.54, 1.807) is 0 Å². The third kappa shape index (κ3) is 1.69. The van der Waals surface area contributed by atoms with Gasteiger partial charge in [-0.15, -0.1) is 0 Å². The van der Waals surface area contributed by atoms with E-state index in [1.165, 1.54) is 0 Å². The first kappa shape index (κ1) is 8.97. The molecule has 2 atom stereocenters. The van der Waals surface area contributed by atoms with E-state index in [2.05, 4.69) is 10.2 Å². The van der Waals surface area contributed by atoms with Crippen LogP contribution in [-0.2, 0) is 4.79 Å². The summed E-state index contributed by atoms with van der Waals surface area (Å²) in [6.45, 7) is 3.77. The Labute approximate surface area is 77.9 Å². The molecule has 2 N–H and O–H groups in total. The molecule has 0 bridgehead atoms. The summed E-state index contributed by atoms with van der Waals surface area (Å²) < 4.78 is 0. The Kier molecular flexibility index (Phi) is 2.51. The van der Waals surface area contributed by atoms with Crippen molar-refractivity contribution in [2.24, 2.45) is 5.92 Å². The largest absolute Gasteiger partial charge is 0.480 e. The summed E-state index contributed by atoms with van der Waals surface area (Å²) in [5, 5.41) is 12.3. The Balaban J connectivity index is 1.98. The summed E-state index contributed by atoms with van der Waals surface area (Å²) in [6.07, 6.45) is 2.16. The van der Waals surface area contributed by atoms with Gasteiger partial charge in [0.2, 0.25) is 0 Å². The van der Waals surface area contributed by atoms with E-state index in [9.17, 15) is 4.79 Å². The number of aliphatic carboxylic acids is 1. The first-order valence-corrected chi connectivity index (χ1v) is 4.96. The van der Waals surface area contributed by atoms with E-state index in [4.69, 9.17) is 5.11 Å². The number of likely N-dealkylation sites (tertiary alicyclic amines) is 1. The van der Waals surface area contributed by atoms with Crippen LogP contribution in [0.25, 0.3) is 0 Å². The van der Waals surface area contributed by atoms with Crippen molar-refractivity contribution in [2.45, 2.75) is 18.9 Å². The van der Waals surface area contributed by atoms with Crippen molar-refractivity contribution in [3.63, 3.8) is 0 Å². The molecule has 2 aliphatic heterocycles. The second kappa shape index (κ2) is 3.64. The molecule has 2 heterocycles. The van der Waals surface area contributed by atoms with Crippen molar-refractivity contribution < 1.29 is 9.90 Å². The fourth-order valence-corrected chi connectivity index (χ4v) is 2.22. The second-order valence-corrected chi connectivity index (χ2v) is 3.93. The smallest absolute Gasteiger partial charge is 0.321 e. The zero-order valence-corrected chi connectivity index (χ0v) is 7.70. The fraction of sp³-hybridized carbons (Fsp3) is 0.889. The number of carboxylic acids is 1. The molecule has 0 spiro atoms. The summed E-state index contributed by atoms with van der Waals surface area (Å²) in [4.78, 5) is 13.1. The maximum Gasteiger partial charge on any atom is 0.321 e. The third-order valence-electron chi connectivity index (χ3n) is 3.08. The van der Waals surface area contributed by atoms with Crippen molar-refractivity contribution >= 4 is 5.97 Å². The molecule has 0 saturated carbocycles. The standard InChI is InChI=1S/C9H16N2O2/c12-9(13)8(11-4-1-5-11)7-2-3-10-6-7/h7-8,10H,1-6H2,(H,12,13). The van der Waals surface area contributed by atoms with Crippen LogP contribution in [0, 0.1) is 5.92 Å². The number of carbonyl (C=O) groups is 1. The predicted octanol–water partition coefficient (Wildman–Crippen LogP) is -0.245. The van der Waals surface area contributed by atoms with Crippen molar-refractivity contribution in [3.8, 4) is 0 Å². The van der Waals surface area contributed by atoms with Crippen LogP contribution in [0.15, 0.2) is 0 Å². The van der Waals surface area contributed by atoms with Gasteiger partial charge >= 0.3 is 5.97 Å². The highest BCUT2D eigenvalue weighted by Crippen LogP contribution is 2.22. The highest BCUT2D eigenvalue weighted by molar-refractivity contribution is 5.74. The molecule has 13 heavy (non-hydrogen) atoms. The van der Waals surface area contributed by atoms with Crippen molar-refractivity contribution in [1.82, 2.24) is 10.2 Å². The topological polar surface area (TPSA) is 52.6 Å². The summed E-state index contributed by atoms with van der Waals surface area (Å²) in [7, 11) is 0. The number of carboxylic acid groups (broad SMARTS) is 1. The first-order valence-electron chi connectivity index (χ1n) is 4.96. The number of hydrogen-bond acceptors (Lipinski definition) is 3. The summed E-state index contributed by atoms with van der Waals surface area (Å²) in [5.41, 5.74) is 0. The number of hydrogen-bond donors (Lipinski definition) is 2. The van der Waals surface area contributed by atoms with Gasteiger partial charge in [-0.3, -0.25) is 9.69 Å². The number of rotatable bonds is 3. The van der Waals surface area contributed by atoms with Crippen LogP contribution in [0.3, 0.4) is 0 Å². The van der Waals surface area contributed by atoms with Gasteiger partial charge in [0.05, 0.1) is 0 Å². The molecular formula is C9H16N2O2. The molecule has 2 rings (SSSR count). The molecule has 2 aliphatic rings. The summed E-state index contributed by atoms with van der Waals surface area (Å²) in [6, 6.07) is -0.233. The fourth-order valence-electron chi connectivity index (χ4n) is 2.22. The lowest BCUT2D eigenvalue weighted by atomic mass is 9.95. The lowest BCUT2D eigenvalue weighted by Crippen LogP contribution is -2.53. The Morgan fingerprint density at radius 1 is 1.54 bits per heavy atom. The van der Waals surface area contributed by atoms with E-state index in [-0.39, 0.29) is 6.04 Å². The molecule has 74 valence electrons.